The number of hydrogen-bond acceptors (Lipinski definition) is 6. The predicted octanol–water partition coefficient (Wildman–Crippen LogP) is 18.0. The Morgan fingerprint density at radius 3 is 0.938 bits per heavy atom. The maximum absolute atomic E-state index is 12.8. The molecule has 0 aliphatic rings. The highest BCUT2D eigenvalue weighted by Gasteiger charge is 2.19. The second-order valence-electron chi connectivity index (χ2n) is 18.1. The van der Waals surface area contributed by atoms with Crippen LogP contribution in [0.1, 0.15) is 271 Å². The van der Waals surface area contributed by atoms with E-state index < -0.39 is 6.10 Å². The molecule has 1 atom stereocenters. The van der Waals surface area contributed by atoms with E-state index in [1.807, 2.05) is 0 Å². The molecule has 0 spiro atoms. The topological polar surface area (TPSA) is 78.9 Å². The van der Waals surface area contributed by atoms with E-state index in [1.54, 1.807) is 0 Å². The molecule has 0 radical (unpaired) electrons. The quantitative estimate of drug-likeness (QED) is 0.0262. The van der Waals surface area contributed by atoms with Crippen molar-refractivity contribution >= 4 is 17.9 Å². The minimum absolute atomic E-state index is 0.0936. The summed E-state index contributed by atoms with van der Waals surface area (Å²) in [7, 11) is 0. The predicted molar refractivity (Wildman–Crippen MR) is 275 cm³/mol. The van der Waals surface area contributed by atoms with Gasteiger partial charge in [-0.05, 0) is 57.8 Å². The van der Waals surface area contributed by atoms with Gasteiger partial charge in [0.2, 0.25) is 0 Å². The van der Waals surface area contributed by atoms with E-state index in [2.05, 4.69) is 81.5 Å². The molecule has 0 aromatic rings. The number of allylic oxidation sites excluding steroid dienone is 10. The number of unbranched alkanes of at least 4 members (excludes halogenated alkanes) is 28. The molecule has 0 saturated heterocycles. The Morgan fingerprint density at radius 2 is 0.609 bits per heavy atom. The minimum Gasteiger partial charge on any atom is -0.462 e. The number of carbonyl (C=O) groups excluding carboxylic acids is 3. The molecule has 0 aliphatic heterocycles. The van der Waals surface area contributed by atoms with Gasteiger partial charge in [-0.25, -0.2) is 0 Å². The monoisotopic (exact) mass is 895 g/mol. The lowest BCUT2D eigenvalue weighted by molar-refractivity contribution is -0.167. The van der Waals surface area contributed by atoms with Crippen molar-refractivity contribution in [3.05, 3.63) is 60.8 Å². The first-order valence-corrected chi connectivity index (χ1v) is 27.3. The summed E-state index contributed by atoms with van der Waals surface area (Å²) >= 11 is 0. The number of rotatable bonds is 49. The van der Waals surface area contributed by atoms with Crippen molar-refractivity contribution < 1.29 is 28.6 Å². The van der Waals surface area contributed by atoms with Gasteiger partial charge in [0, 0.05) is 19.3 Å². The molecule has 0 aromatic heterocycles. The molecule has 6 nitrogen and oxygen atoms in total. The number of ether oxygens (including phenoxy) is 3. The summed E-state index contributed by atoms with van der Waals surface area (Å²) in [6.07, 6.45) is 65.2. The van der Waals surface area contributed by atoms with Crippen LogP contribution in [0.2, 0.25) is 0 Å². The fraction of sp³-hybridized carbons (Fsp3) is 0.776. The molecule has 370 valence electrons. The van der Waals surface area contributed by atoms with Crippen LogP contribution in [-0.2, 0) is 28.6 Å². The van der Waals surface area contributed by atoms with E-state index in [0.29, 0.717) is 19.3 Å². The first-order valence-electron chi connectivity index (χ1n) is 27.3. The summed E-state index contributed by atoms with van der Waals surface area (Å²) in [4.78, 5) is 37.9. The van der Waals surface area contributed by atoms with E-state index in [4.69, 9.17) is 14.2 Å². The summed E-state index contributed by atoms with van der Waals surface area (Å²) in [6.45, 7) is 6.47. The summed E-state index contributed by atoms with van der Waals surface area (Å²) in [5, 5.41) is 0. The fourth-order valence-electron chi connectivity index (χ4n) is 7.71. The lowest BCUT2D eigenvalue weighted by atomic mass is 10.0. The molecular weight excluding hydrogens is 793 g/mol. The van der Waals surface area contributed by atoms with Crippen molar-refractivity contribution in [1.82, 2.24) is 0 Å². The number of carbonyl (C=O) groups is 3. The second-order valence-corrected chi connectivity index (χ2v) is 18.1. The smallest absolute Gasteiger partial charge is 0.306 e. The zero-order valence-electron chi connectivity index (χ0n) is 42.3. The Bertz CT molecular complexity index is 1170. The third-order valence-electron chi connectivity index (χ3n) is 11.8. The Balaban J connectivity index is 4.29. The lowest BCUT2D eigenvalue weighted by Gasteiger charge is -2.18. The third kappa shape index (κ3) is 50.1. The zero-order chi connectivity index (χ0) is 46.5. The van der Waals surface area contributed by atoms with E-state index in [1.165, 1.54) is 148 Å². The molecule has 1 unspecified atom stereocenters. The van der Waals surface area contributed by atoms with Gasteiger partial charge in [-0.3, -0.25) is 14.4 Å². The first-order chi connectivity index (χ1) is 31.5. The van der Waals surface area contributed by atoms with Crippen molar-refractivity contribution in [3.8, 4) is 0 Å². The third-order valence-corrected chi connectivity index (χ3v) is 11.8. The van der Waals surface area contributed by atoms with Crippen LogP contribution in [0.4, 0.5) is 0 Å². The number of esters is 3. The molecule has 0 rings (SSSR count). The Kier molecular flexibility index (Phi) is 50.4. The molecule has 0 amide bonds. The van der Waals surface area contributed by atoms with Gasteiger partial charge in [0.15, 0.2) is 6.10 Å². The van der Waals surface area contributed by atoms with Gasteiger partial charge in [0.25, 0.3) is 0 Å². The van der Waals surface area contributed by atoms with E-state index >= 15 is 0 Å². The van der Waals surface area contributed by atoms with Gasteiger partial charge in [-0.15, -0.1) is 0 Å². The maximum atomic E-state index is 12.8. The average molecular weight is 895 g/mol. The summed E-state index contributed by atoms with van der Waals surface area (Å²) < 4.78 is 16.7. The normalized spacial score (nSPS) is 12.5. The fourth-order valence-corrected chi connectivity index (χ4v) is 7.71. The van der Waals surface area contributed by atoms with Crippen LogP contribution in [0.3, 0.4) is 0 Å². The minimum atomic E-state index is -0.799. The number of hydrogen-bond donors (Lipinski definition) is 0. The zero-order valence-corrected chi connectivity index (χ0v) is 42.3. The lowest BCUT2D eigenvalue weighted by Crippen LogP contribution is -2.30. The molecule has 6 heteroatoms. The van der Waals surface area contributed by atoms with Crippen molar-refractivity contribution in [2.75, 3.05) is 13.2 Å². The SMILES string of the molecule is CC/C=C\C/C=C\C/C=C\C/C=C\C/C=C\CCCC(=O)OC(COC(=O)CCCCCCCCCC)COC(=O)CCCCCCCCCCCCCCCCCCCCCCC. The summed E-state index contributed by atoms with van der Waals surface area (Å²) in [5.41, 5.74) is 0. The van der Waals surface area contributed by atoms with Crippen LogP contribution < -0.4 is 0 Å². The van der Waals surface area contributed by atoms with E-state index in [-0.39, 0.29) is 37.5 Å². The highest BCUT2D eigenvalue weighted by atomic mass is 16.6. The van der Waals surface area contributed by atoms with Gasteiger partial charge < -0.3 is 14.2 Å². The van der Waals surface area contributed by atoms with E-state index in [0.717, 1.165) is 77.0 Å². The summed E-state index contributed by atoms with van der Waals surface area (Å²) in [6, 6.07) is 0. The molecule has 0 heterocycles. The van der Waals surface area contributed by atoms with Gasteiger partial charge in [0.1, 0.15) is 13.2 Å². The molecular formula is C58H102O6. The Hall–Kier alpha value is -2.89. The second kappa shape index (κ2) is 52.7. The Morgan fingerprint density at radius 1 is 0.328 bits per heavy atom. The van der Waals surface area contributed by atoms with Crippen LogP contribution in [0, 0.1) is 0 Å². The van der Waals surface area contributed by atoms with Crippen LogP contribution in [0.5, 0.6) is 0 Å². The van der Waals surface area contributed by atoms with Crippen LogP contribution in [-0.4, -0.2) is 37.2 Å². The maximum Gasteiger partial charge on any atom is 0.306 e. The molecule has 0 N–H and O–H groups in total. The van der Waals surface area contributed by atoms with Gasteiger partial charge in [0.05, 0.1) is 0 Å². The van der Waals surface area contributed by atoms with Gasteiger partial charge in [-0.1, -0.05) is 255 Å². The van der Waals surface area contributed by atoms with Crippen molar-refractivity contribution in [2.45, 2.75) is 277 Å². The van der Waals surface area contributed by atoms with Gasteiger partial charge >= 0.3 is 17.9 Å². The molecule has 0 aliphatic carbocycles. The average Bonchev–Trinajstić information content (AvgIpc) is 3.29. The highest BCUT2D eigenvalue weighted by Crippen LogP contribution is 2.16. The molecule has 0 saturated carbocycles. The first kappa shape index (κ1) is 61.1. The molecule has 0 fully saturated rings. The van der Waals surface area contributed by atoms with Crippen molar-refractivity contribution in [2.24, 2.45) is 0 Å². The van der Waals surface area contributed by atoms with Crippen LogP contribution in [0.15, 0.2) is 60.8 Å². The highest BCUT2D eigenvalue weighted by molar-refractivity contribution is 5.71. The van der Waals surface area contributed by atoms with Crippen molar-refractivity contribution in [1.29, 1.82) is 0 Å². The standard InChI is InChI=1S/C58H102O6/c1-4-7-10-13-16-19-21-23-25-27-28-29-30-32-33-35-37-39-42-45-48-51-57(60)63-54-55(53-62-56(59)50-47-44-41-18-15-12-9-6-3)64-58(61)52-49-46-43-40-38-36-34-31-26-24-22-20-17-14-11-8-5-2/h8,11,17,20,24,26,34,36,40,43,55H,4-7,9-10,12-16,18-19,21-23,25,27-33,35,37-39,41-42,44-54H2,1-3H3/b11-8-,20-17-,26-24-,36-34-,43-40-. The Labute approximate surface area is 396 Å². The van der Waals surface area contributed by atoms with Crippen LogP contribution in [0.25, 0.3) is 0 Å². The van der Waals surface area contributed by atoms with E-state index in [9.17, 15) is 14.4 Å². The largest absolute Gasteiger partial charge is 0.462 e. The van der Waals surface area contributed by atoms with Crippen LogP contribution >= 0.6 is 0 Å². The van der Waals surface area contributed by atoms with Crippen molar-refractivity contribution in [3.63, 3.8) is 0 Å². The van der Waals surface area contributed by atoms with Gasteiger partial charge in [-0.2, -0.15) is 0 Å². The molecule has 64 heavy (non-hydrogen) atoms. The molecule has 0 bridgehead atoms. The molecule has 0 aromatic carbocycles. The summed E-state index contributed by atoms with van der Waals surface area (Å²) in [5.74, 6) is -0.948.